The van der Waals surface area contributed by atoms with Crippen LogP contribution in [0.4, 0.5) is 5.69 Å². The number of benzene rings is 1. The van der Waals surface area contributed by atoms with Gasteiger partial charge < -0.3 is 15.6 Å². The van der Waals surface area contributed by atoms with Crippen molar-refractivity contribution in [3.8, 4) is 0 Å². The van der Waals surface area contributed by atoms with Crippen molar-refractivity contribution in [2.24, 2.45) is 5.73 Å². The Morgan fingerprint density at radius 3 is 2.94 bits per heavy atom. The summed E-state index contributed by atoms with van der Waals surface area (Å²) in [5, 5.41) is 6.84. The van der Waals surface area contributed by atoms with E-state index in [1.54, 1.807) is 12.3 Å². The average Bonchev–Trinajstić information content (AvgIpc) is 2.78. The molecule has 2 aromatic rings. The Balaban J connectivity index is 2.21. The fourth-order valence-electron chi connectivity index (χ4n) is 1.44. The highest BCUT2D eigenvalue weighted by Crippen LogP contribution is 2.25. The zero-order valence-corrected chi connectivity index (χ0v) is 11.2. The van der Waals surface area contributed by atoms with E-state index in [-0.39, 0.29) is 0 Å². The van der Waals surface area contributed by atoms with Gasteiger partial charge in [0.15, 0.2) is 5.76 Å². The quantitative estimate of drug-likeness (QED) is 0.850. The monoisotopic (exact) mass is 311 g/mol. The van der Waals surface area contributed by atoms with Crippen molar-refractivity contribution >= 4 is 38.8 Å². The second-order valence-corrected chi connectivity index (χ2v) is 4.65. The molecule has 0 aliphatic heterocycles. The van der Waals surface area contributed by atoms with Crippen LogP contribution in [0.3, 0.4) is 0 Å². The molecule has 0 spiro atoms. The number of thiocarbonyl (C=S) groups is 1. The smallest absolute Gasteiger partial charge is 0.155 e. The first-order valence-corrected chi connectivity index (χ1v) is 6.10. The number of hydrogen-bond acceptors (Lipinski definition) is 4. The maximum Gasteiger partial charge on any atom is 0.155 e. The van der Waals surface area contributed by atoms with Crippen LogP contribution in [0.25, 0.3) is 0 Å². The largest absolute Gasteiger partial charge is 0.389 e. The van der Waals surface area contributed by atoms with Gasteiger partial charge in [0.05, 0.1) is 12.7 Å². The number of hydrogen-bond donors (Lipinski definition) is 2. The van der Waals surface area contributed by atoms with Gasteiger partial charge in [0.2, 0.25) is 0 Å². The van der Waals surface area contributed by atoms with Crippen molar-refractivity contribution in [3.05, 3.63) is 46.3 Å². The lowest BCUT2D eigenvalue weighted by Gasteiger charge is -2.11. The van der Waals surface area contributed by atoms with Crippen LogP contribution >= 0.6 is 28.1 Å². The molecular weight excluding hydrogens is 302 g/mol. The summed E-state index contributed by atoms with van der Waals surface area (Å²) in [6, 6.07) is 7.52. The van der Waals surface area contributed by atoms with Crippen LogP contribution in [-0.4, -0.2) is 10.1 Å². The summed E-state index contributed by atoms with van der Waals surface area (Å²) in [5.41, 5.74) is 7.35. The molecular formula is C11H10BrN3OS. The Hall–Kier alpha value is -1.40. The lowest BCUT2D eigenvalue weighted by molar-refractivity contribution is 0.388. The second-order valence-electron chi connectivity index (χ2n) is 3.36. The Bertz CT molecular complexity index is 528. The van der Waals surface area contributed by atoms with Crippen molar-refractivity contribution in [3.63, 3.8) is 0 Å². The van der Waals surface area contributed by atoms with Gasteiger partial charge in [-0.1, -0.05) is 23.4 Å². The molecule has 0 saturated heterocycles. The van der Waals surface area contributed by atoms with Gasteiger partial charge in [-0.3, -0.25) is 0 Å². The summed E-state index contributed by atoms with van der Waals surface area (Å²) in [6.07, 6.45) is 1.60. The third-order valence-electron chi connectivity index (χ3n) is 2.20. The van der Waals surface area contributed by atoms with Crippen LogP contribution in [0.1, 0.15) is 11.3 Å². The topological polar surface area (TPSA) is 64.1 Å². The highest BCUT2D eigenvalue weighted by molar-refractivity contribution is 9.10. The van der Waals surface area contributed by atoms with Crippen LogP contribution in [0.5, 0.6) is 0 Å². The van der Waals surface area contributed by atoms with Crippen LogP contribution in [0.2, 0.25) is 0 Å². The Morgan fingerprint density at radius 1 is 1.47 bits per heavy atom. The summed E-state index contributed by atoms with van der Waals surface area (Å²) < 4.78 is 5.87. The van der Waals surface area contributed by atoms with Gasteiger partial charge in [0.1, 0.15) is 4.99 Å². The molecule has 0 bridgehead atoms. The molecule has 0 unspecified atom stereocenters. The summed E-state index contributed by atoms with van der Waals surface area (Å²) in [6.45, 7) is 0.534. The predicted molar refractivity (Wildman–Crippen MR) is 73.9 cm³/mol. The van der Waals surface area contributed by atoms with Gasteiger partial charge >= 0.3 is 0 Å². The molecule has 0 amide bonds. The van der Waals surface area contributed by atoms with Crippen molar-refractivity contribution in [1.82, 2.24) is 5.16 Å². The van der Waals surface area contributed by atoms with Crippen LogP contribution < -0.4 is 11.1 Å². The first-order chi connectivity index (χ1) is 8.18. The number of halogens is 1. The van der Waals surface area contributed by atoms with Gasteiger partial charge in [0, 0.05) is 21.8 Å². The number of nitrogens with two attached hydrogens (primary N) is 1. The van der Waals surface area contributed by atoms with E-state index in [0.717, 1.165) is 21.5 Å². The first kappa shape index (κ1) is 12.1. The normalized spacial score (nSPS) is 10.2. The number of rotatable bonds is 4. The molecule has 1 heterocycles. The SMILES string of the molecule is NC(=S)c1c(Br)cccc1NCc1ccno1. The van der Waals surface area contributed by atoms with E-state index >= 15 is 0 Å². The van der Waals surface area contributed by atoms with Crippen molar-refractivity contribution in [2.45, 2.75) is 6.54 Å². The van der Waals surface area contributed by atoms with Crippen LogP contribution in [-0.2, 0) is 6.54 Å². The molecule has 0 fully saturated rings. The Morgan fingerprint density at radius 2 is 2.29 bits per heavy atom. The molecule has 1 aromatic carbocycles. The fraction of sp³-hybridized carbons (Fsp3) is 0.0909. The third-order valence-corrected chi connectivity index (χ3v) is 3.07. The summed E-state index contributed by atoms with van der Waals surface area (Å²) >= 11 is 8.45. The van der Waals surface area contributed by atoms with Gasteiger partial charge in [-0.2, -0.15) is 0 Å². The second kappa shape index (κ2) is 5.29. The van der Waals surface area contributed by atoms with Gasteiger partial charge in [-0.25, -0.2) is 0 Å². The highest BCUT2D eigenvalue weighted by Gasteiger charge is 2.09. The molecule has 0 saturated carbocycles. The summed E-state index contributed by atoms with van der Waals surface area (Å²) in [4.78, 5) is 0.345. The summed E-state index contributed by atoms with van der Waals surface area (Å²) in [7, 11) is 0. The molecule has 17 heavy (non-hydrogen) atoms. The zero-order chi connectivity index (χ0) is 12.3. The zero-order valence-electron chi connectivity index (χ0n) is 8.81. The first-order valence-electron chi connectivity index (χ1n) is 4.90. The number of aromatic nitrogens is 1. The van der Waals surface area contributed by atoms with Crippen molar-refractivity contribution in [2.75, 3.05) is 5.32 Å². The van der Waals surface area contributed by atoms with Crippen LogP contribution in [0.15, 0.2) is 39.5 Å². The Labute approximate surface area is 112 Å². The van der Waals surface area contributed by atoms with E-state index in [9.17, 15) is 0 Å². The van der Waals surface area contributed by atoms with E-state index in [1.807, 2.05) is 18.2 Å². The molecule has 0 aliphatic rings. The molecule has 88 valence electrons. The molecule has 4 nitrogen and oxygen atoms in total. The van der Waals surface area contributed by atoms with Crippen molar-refractivity contribution in [1.29, 1.82) is 0 Å². The highest BCUT2D eigenvalue weighted by atomic mass is 79.9. The molecule has 0 atom stereocenters. The molecule has 2 rings (SSSR count). The number of nitrogens with one attached hydrogen (secondary N) is 1. The van der Waals surface area contributed by atoms with Gasteiger partial charge in [-0.15, -0.1) is 0 Å². The van der Waals surface area contributed by atoms with E-state index in [1.165, 1.54) is 0 Å². The van der Waals surface area contributed by atoms with E-state index in [0.29, 0.717) is 11.5 Å². The molecule has 0 aliphatic carbocycles. The van der Waals surface area contributed by atoms with E-state index in [2.05, 4.69) is 26.4 Å². The predicted octanol–water partition coefficient (Wildman–Crippen LogP) is 2.68. The molecule has 6 heteroatoms. The lowest BCUT2D eigenvalue weighted by atomic mass is 10.1. The third kappa shape index (κ3) is 2.83. The van der Waals surface area contributed by atoms with E-state index in [4.69, 9.17) is 22.5 Å². The lowest BCUT2D eigenvalue weighted by Crippen LogP contribution is -2.14. The minimum atomic E-state index is 0.345. The van der Waals surface area contributed by atoms with Gasteiger partial charge in [0.25, 0.3) is 0 Å². The molecule has 3 N–H and O–H groups in total. The minimum Gasteiger partial charge on any atom is -0.389 e. The summed E-state index contributed by atoms with van der Waals surface area (Å²) in [5.74, 6) is 0.749. The fourth-order valence-corrected chi connectivity index (χ4v) is 2.37. The standard InChI is InChI=1S/C11H10BrN3OS/c12-8-2-1-3-9(10(8)11(13)17)14-6-7-4-5-15-16-7/h1-5,14H,6H2,(H2,13,17). The maximum atomic E-state index is 5.69. The maximum absolute atomic E-state index is 5.69. The minimum absolute atomic E-state index is 0.345. The molecule has 1 aromatic heterocycles. The van der Waals surface area contributed by atoms with Crippen molar-refractivity contribution < 1.29 is 4.52 Å². The van der Waals surface area contributed by atoms with Gasteiger partial charge in [-0.05, 0) is 28.1 Å². The number of anilines is 1. The van der Waals surface area contributed by atoms with Crippen LogP contribution in [0, 0.1) is 0 Å². The number of nitrogens with zero attached hydrogens (tertiary/aromatic N) is 1. The van der Waals surface area contributed by atoms with E-state index < -0.39 is 0 Å². The average molecular weight is 312 g/mol. The molecule has 0 radical (unpaired) electrons. The Kier molecular flexibility index (Phi) is 3.75.